The SMILES string of the molecule is C=C(C)N[C@H]1CCc2c(-c3nnc(-c4ccc(OC(C)C)c(C#N)c4)s3)cccc21. The van der Waals surface area contributed by atoms with Crippen molar-refractivity contribution in [3.8, 4) is 33.0 Å². The predicted molar refractivity (Wildman–Crippen MR) is 120 cm³/mol. The van der Waals surface area contributed by atoms with Gasteiger partial charge >= 0.3 is 0 Å². The Balaban J connectivity index is 1.66. The molecular weight excluding hydrogens is 392 g/mol. The van der Waals surface area contributed by atoms with E-state index in [0.29, 0.717) is 17.4 Å². The Morgan fingerprint density at radius 1 is 1.27 bits per heavy atom. The van der Waals surface area contributed by atoms with Crippen LogP contribution in [0, 0.1) is 11.3 Å². The predicted octanol–water partition coefficient (Wildman–Crippen LogP) is 5.64. The number of nitrogens with zero attached hydrogens (tertiary/aromatic N) is 3. The topological polar surface area (TPSA) is 70.8 Å². The molecule has 1 heterocycles. The molecule has 152 valence electrons. The molecule has 0 saturated carbocycles. The van der Waals surface area contributed by atoms with Crippen molar-refractivity contribution in [2.75, 3.05) is 0 Å². The largest absolute Gasteiger partial charge is 0.490 e. The molecule has 2 aromatic carbocycles. The van der Waals surface area contributed by atoms with Gasteiger partial charge in [0.05, 0.1) is 17.7 Å². The van der Waals surface area contributed by atoms with E-state index in [0.717, 1.165) is 39.7 Å². The number of hydrogen-bond donors (Lipinski definition) is 1. The average molecular weight is 417 g/mol. The maximum absolute atomic E-state index is 9.50. The van der Waals surface area contributed by atoms with Crippen molar-refractivity contribution in [2.45, 2.75) is 45.8 Å². The fraction of sp³-hybridized carbons (Fsp3) is 0.292. The van der Waals surface area contributed by atoms with Crippen LogP contribution >= 0.6 is 11.3 Å². The van der Waals surface area contributed by atoms with E-state index in [1.807, 2.05) is 39.0 Å². The third kappa shape index (κ3) is 3.94. The summed E-state index contributed by atoms with van der Waals surface area (Å²) >= 11 is 1.55. The molecule has 3 aromatic rings. The molecule has 4 rings (SSSR count). The zero-order valence-electron chi connectivity index (χ0n) is 17.4. The molecule has 0 aliphatic heterocycles. The Bertz CT molecular complexity index is 1140. The lowest BCUT2D eigenvalue weighted by molar-refractivity contribution is 0.242. The van der Waals surface area contributed by atoms with Gasteiger partial charge in [0, 0.05) is 16.8 Å². The number of allylic oxidation sites excluding steroid dienone is 1. The summed E-state index contributed by atoms with van der Waals surface area (Å²) in [6, 6.07) is 14.5. The Kier molecular flexibility index (Phi) is 5.56. The molecular formula is C24H24N4OS. The van der Waals surface area contributed by atoms with Gasteiger partial charge in [0.25, 0.3) is 0 Å². The molecule has 1 aliphatic carbocycles. The molecule has 30 heavy (non-hydrogen) atoms. The summed E-state index contributed by atoms with van der Waals surface area (Å²) in [7, 11) is 0. The lowest BCUT2D eigenvalue weighted by atomic mass is 10.0. The van der Waals surface area contributed by atoms with Crippen molar-refractivity contribution in [2.24, 2.45) is 0 Å². The monoisotopic (exact) mass is 416 g/mol. The van der Waals surface area contributed by atoms with Crippen LogP contribution in [0.25, 0.3) is 21.1 Å². The van der Waals surface area contributed by atoms with E-state index in [1.165, 1.54) is 11.1 Å². The summed E-state index contributed by atoms with van der Waals surface area (Å²) in [5.41, 5.74) is 6.15. The van der Waals surface area contributed by atoms with Crippen LogP contribution in [0.1, 0.15) is 49.9 Å². The summed E-state index contributed by atoms with van der Waals surface area (Å²) in [6.07, 6.45) is 2.07. The van der Waals surface area contributed by atoms with Crippen molar-refractivity contribution in [3.05, 3.63) is 65.4 Å². The molecule has 0 radical (unpaired) electrons. The van der Waals surface area contributed by atoms with Crippen LogP contribution in [-0.2, 0) is 6.42 Å². The minimum atomic E-state index is 0.0134. The fourth-order valence-electron chi connectivity index (χ4n) is 3.86. The molecule has 0 amide bonds. The van der Waals surface area contributed by atoms with Gasteiger partial charge in [-0.05, 0) is 62.9 Å². The summed E-state index contributed by atoms with van der Waals surface area (Å²) in [4.78, 5) is 0. The number of ether oxygens (including phenoxy) is 1. The van der Waals surface area contributed by atoms with Crippen LogP contribution < -0.4 is 10.1 Å². The van der Waals surface area contributed by atoms with Crippen LogP contribution in [0.5, 0.6) is 5.75 Å². The molecule has 0 fully saturated rings. The lowest BCUT2D eigenvalue weighted by Gasteiger charge is -2.15. The molecule has 1 atom stereocenters. The van der Waals surface area contributed by atoms with Gasteiger partial charge in [0.15, 0.2) is 0 Å². The van der Waals surface area contributed by atoms with Crippen LogP contribution in [0.4, 0.5) is 0 Å². The number of nitrogens with one attached hydrogen (secondary N) is 1. The van der Waals surface area contributed by atoms with E-state index >= 15 is 0 Å². The second kappa shape index (κ2) is 8.29. The number of hydrogen-bond acceptors (Lipinski definition) is 6. The van der Waals surface area contributed by atoms with Crippen LogP contribution in [0.15, 0.2) is 48.7 Å². The second-order valence-corrected chi connectivity index (χ2v) is 8.77. The molecule has 1 aliphatic rings. The van der Waals surface area contributed by atoms with Gasteiger partial charge in [0.2, 0.25) is 0 Å². The van der Waals surface area contributed by atoms with Crippen molar-refractivity contribution in [1.29, 1.82) is 5.26 Å². The van der Waals surface area contributed by atoms with Crippen molar-refractivity contribution < 1.29 is 4.74 Å². The fourth-order valence-corrected chi connectivity index (χ4v) is 4.75. The average Bonchev–Trinajstić information content (AvgIpc) is 3.35. The van der Waals surface area contributed by atoms with Gasteiger partial charge in [-0.25, -0.2) is 0 Å². The van der Waals surface area contributed by atoms with Crippen LogP contribution in [-0.4, -0.2) is 16.3 Å². The van der Waals surface area contributed by atoms with E-state index in [4.69, 9.17) is 4.74 Å². The Labute approximate surface area is 181 Å². The first-order chi connectivity index (χ1) is 14.5. The van der Waals surface area contributed by atoms with Crippen molar-refractivity contribution >= 4 is 11.3 Å². The van der Waals surface area contributed by atoms with E-state index < -0.39 is 0 Å². The number of fused-ring (bicyclic) bond motifs is 1. The number of benzene rings is 2. The number of rotatable bonds is 6. The smallest absolute Gasteiger partial charge is 0.148 e. The van der Waals surface area contributed by atoms with Crippen LogP contribution in [0.2, 0.25) is 0 Å². The molecule has 5 nitrogen and oxygen atoms in total. The number of nitriles is 1. The van der Waals surface area contributed by atoms with E-state index in [1.54, 1.807) is 11.3 Å². The molecule has 1 aromatic heterocycles. The Hall–Kier alpha value is -3.17. The van der Waals surface area contributed by atoms with E-state index in [2.05, 4.69) is 46.4 Å². The van der Waals surface area contributed by atoms with Gasteiger partial charge in [-0.1, -0.05) is 36.1 Å². The molecule has 1 N–H and O–H groups in total. The maximum Gasteiger partial charge on any atom is 0.148 e. The summed E-state index contributed by atoms with van der Waals surface area (Å²) in [6.45, 7) is 9.86. The van der Waals surface area contributed by atoms with Gasteiger partial charge in [0.1, 0.15) is 21.8 Å². The quantitative estimate of drug-likeness (QED) is 0.563. The molecule has 0 spiro atoms. The van der Waals surface area contributed by atoms with Crippen molar-refractivity contribution in [1.82, 2.24) is 15.5 Å². The lowest BCUT2D eigenvalue weighted by Crippen LogP contribution is -2.16. The minimum absolute atomic E-state index is 0.0134. The Morgan fingerprint density at radius 2 is 2.07 bits per heavy atom. The number of aromatic nitrogens is 2. The third-order valence-electron chi connectivity index (χ3n) is 5.06. The molecule has 0 saturated heterocycles. The summed E-state index contributed by atoms with van der Waals surface area (Å²) < 4.78 is 5.72. The van der Waals surface area contributed by atoms with Crippen LogP contribution in [0.3, 0.4) is 0 Å². The van der Waals surface area contributed by atoms with Gasteiger partial charge < -0.3 is 10.1 Å². The van der Waals surface area contributed by atoms with E-state index in [-0.39, 0.29) is 6.10 Å². The van der Waals surface area contributed by atoms with Gasteiger partial charge in [-0.3, -0.25) is 0 Å². The summed E-state index contributed by atoms with van der Waals surface area (Å²) in [5, 5.41) is 23.6. The van der Waals surface area contributed by atoms with E-state index in [9.17, 15) is 5.26 Å². The van der Waals surface area contributed by atoms with Gasteiger partial charge in [-0.2, -0.15) is 5.26 Å². The highest BCUT2D eigenvalue weighted by Crippen LogP contribution is 2.40. The highest BCUT2D eigenvalue weighted by atomic mass is 32.1. The molecule has 0 unspecified atom stereocenters. The first-order valence-corrected chi connectivity index (χ1v) is 10.9. The first-order valence-electron chi connectivity index (χ1n) is 10.0. The zero-order chi connectivity index (χ0) is 21.3. The highest BCUT2D eigenvalue weighted by molar-refractivity contribution is 7.17. The maximum atomic E-state index is 9.50. The highest BCUT2D eigenvalue weighted by Gasteiger charge is 2.26. The zero-order valence-corrected chi connectivity index (χ0v) is 18.2. The molecule has 0 bridgehead atoms. The second-order valence-electron chi connectivity index (χ2n) is 7.79. The molecule has 6 heteroatoms. The van der Waals surface area contributed by atoms with Gasteiger partial charge in [-0.15, -0.1) is 10.2 Å². The first kappa shape index (κ1) is 20.1. The third-order valence-corrected chi connectivity index (χ3v) is 6.06. The van der Waals surface area contributed by atoms with Crippen molar-refractivity contribution in [3.63, 3.8) is 0 Å². The standard InChI is InChI=1S/C24H24N4OS/c1-14(2)26-21-10-9-18-19(21)6-5-7-20(18)24-28-27-23(30-24)16-8-11-22(29-15(3)4)17(12-16)13-25/h5-8,11-12,15,21,26H,1,9-10H2,2-4H3/t21-/m0/s1. The minimum Gasteiger partial charge on any atom is -0.490 e. The normalized spacial score (nSPS) is 15.0. The Morgan fingerprint density at radius 3 is 2.80 bits per heavy atom. The summed E-state index contributed by atoms with van der Waals surface area (Å²) in [5.74, 6) is 0.595.